The molecule has 0 radical (unpaired) electrons. The number of carbonyl (C=O) groups excluding carboxylic acids is 1. The summed E-state index contributed by atoms with van der Waals surface area (Å²) in [7, 11) is 0. The Balaban J connectivity index is 2.70. The third-order valence-corrected chi connectivity index (χ3v) is 1.98. The molecule has 0 unspecified atom stereocenters. The van der Waals surface area contributed by atoms with Crippen molar-refractivity contribution < 1.29 is 19.8 Å². The largest absolute Gasteiger partial charge is 0.481 e. The lowest BCUT2D eigenvalue weighted by atomic mass is 10.1. The van der Waals surface area contributed by atoms with Crippen LogP contribution in [0.25, 0.3) is 0 Å². The molecule has 1 rings (SSSR count). The number of nitrogens with one attached hydrogen (secondary N) is 1. The zero-order valence-corrected chi connectivity index (χ0v) is 8.80. The molecule has 0 fully saturated rings. The van der Waals surface area contributed by atoms with E-state index in [-0.39, 0.29) is 12.3 Å². The predicted octanol–water partition coefficient (Wildman–Crippen LogP) is 1.15. The molecule has 1 atom stereocenters. The lowest BCUT2D eigenvalue weighted by molar-refractivity contribution is -0.139. The Bertz CT molecular complexity index is 385. The number of hydrogen-bond acceptors (Lipinski definition) is 3. The Kier molecular flexibility index (Phi) is 4.02. The van der Waals surface area contributed by atoms with Crippen LogP contribution < -0.4 is 5.32 Å². The van der Waals surface area contributed by atoms with Crippen LogP contribution in [0.3, 0.4) is 0 Å². The Morgan fingerprint density at radius 1 is 1.31 bits per heavy atom. The molecule has 0 saturated carbocycles. The highest BCUT2D eigenvalue weighted by Crippen LogP contribution is 2.18. The minimum Gasteiger partial charge on any atom is -0.481 e. The van der Waals surface area contributed by atoms with Gasteiger partial charge in [0, 0.05) is 12.6 Å². The van der Waals surface area contributed by atoms with Gasteiger partial charge in [-0.1, -0.05) is 12.1 Å². The van der Waals surface area contributed by atoms with E-state index in [0.717, 1.165) is 0 Å². The predicted molar refractivity (Wildman–Crippen MR) is 58.0 cm³/mol. The van der Waals surface area contributed by atoms with Crippen LogP contribution in [0, 0.1) is 0 Å². The summed E-state index contributed by atoms with van der Waals surface area (Å²) in [4.78, 5) is 21.1. The van der Waals surface area contributed by atoms with E-state index in [2.05, 4.69) is 5.32 Å². The Labute approximate surface area is 92.7 Å². The first-order valence-corrected chi connectivity index (χ1v) is 4.76. The lowest BCUT2D eigenvalue weighted by Crippen LogP contribution is -2.07. The first kappa shape index (κ1) is 12.2. The van der Waals surface area contributed by atoms with E-state index in [0.29, 0.717) is 11.3 Å². The van der Waals surface area contributed by atoms with Gasteiger partial charge in [0.1, 0.15) is 0 Å². The summed E-state index contributed by atoms with van der Waals surface area (Å²) < 4.78 is 0. The lowest BCUT2D eigenvalue weighted by Gasteiger charge is -2.09. The van der Waals surface area contributed by atoms with Gasteiger partial charge in [-0.2, -0.15) is 0 Å². The molecule has 86 valence electrons. The SMILES string of the molecule is CC(=O)Nc1ccc([C@@H](O)CC(=O)O)cc1. The summed E-state index contributed by atoms with van der Waals surface area (Å²) in [6, 6.07) is 6.39. The third kappa shape index (κ3) is 3.70. The average molecular weight is 223 g/mol. The van der Waals surface area contributed by atoms with Gasteiger partial charge in [-0.3, -0.25) is 9.59 Å². The van der Waals surface area contributed by atoms with E-state index < -0.39 is 12.1 Å². The molecule has 0 heterocycles. The molecule has 0 saturated heterocycles. The van der Waals surface area contributed by atoms with E-state index >= 15 is 0 Å². The van der Waals surface area contributed by atoms with E-state index in [9.17, 15) is 14.7 Å². The summed E-state index contributed by atoms with van der Waals surface area (Å²) in [5.41, 5.74) is 1.12. The van der Waals surface area contributed by atoms with E-state index in [1.165, 1.54) is 6.92 Å². The molecule has 0 aliphatic carbocycles. The third-order valence-electron chi connectivity index (χ3n) is 1.98. The van der Waals surface area contributed by atoms with Gasteiger partial charge in [-0.25, -0.2) is 0 Å². The second kappa shape index (κ2) is 5.27. The average Bonchev–Trinajstić information content (AvgIpc) is 2.16. The van der Waals surface area contributed by atoms with Crippen molar-refractivity contribution >= 4 is 17.6 Å². The minimum absolute atomic E-state index is 0.182. The summed E-state index contributed by atoms with van der Waals surface area (Å²) >= 11 is 0. The Morgan fingerprint density at radius 3 is 2.31 bits per heavy atom. The number of carboxylic acids is 1. The monoisotopic (exact) mass is 223 g/mol. The number of carboxylic acid groups (broad SMARTS) is 1. The standard InChI is InChI=1S/C11H13NO4/c1-7(13)12-9-4-2-8(3-5-9)10(14)6-11(15)16/h2-5,10,14H,6H2,1H3,(H,12,13)(H,15,16)/t10-/m0/s1. The van der Waals surface area contributed by atoms with Gasteiger partial charge in [0.15, 0.2) is 0 Å². The molecular formula is C11H13NO4. The molecule has 0 aliphatic heterocycles. The number of hydrogen-bond donors (Lipinski definition) is 3. The maximum absolute atomic E-state index is 10.7. The fourth-order valence-electron chi connectivity index (χ4n) is 1.28. The summed E-state index contributed by atoms with van der Waals surface area (Å²) in [5.74, 6) is -1.24. The summed E-state index contributed by atoms with van der Waals surface area (Å²) in [6.07, 6.45) is -1.36. The zero-order valence-electron chi connectivity index (χ0n) is 8.80. The number of aliphatic hydroxyl groups excluding tert-OH is 1. The van der Waals surface area contributed by atoms with Gasteiger partial charge >= 0.3 is 5.97 Å². The highest BCUT2D eigenvalue weighted by atomic mass is 16.4. The van der Waals surface area contributed by atoms with Crippen LogP contribution in [0.4, 0.5) is 5.69 Å². The van der Waals surface area contributed by atoms with Crippen molar-refractivity contribution in [3.63, 3.8) is 0 Å². The van der Waals surface area contributed by atoms with E-state index in [1.54, 1.807) is 24.3 Å². The molecule has 0 aliphatic rings. The van der Waals surface area contributed by atoms with Gasteiger partial charge < -0.3 is 15.5 Å². The van der Waals surface area contributed by atoms with Gasteiger partial charge in [0.2, 0.25) is 5.91 Å². The van der Waals surface area contributed by atoms with Crippen molar-refractivity contribution in [3.8, 4) is 0 Å². The maximum atomic E-state index is 10.7. The number of carbonyl (C=O) groups is 2. The van der Waals surface area contributed by atoms with Crippen LogP contribution in [-0.4, -0.2) is 22.1 Å². The summed E-state index contributed by atoms with van der Waals surface area (Å²) in [5, 5.41) is 20.6. The summed E-state index contributed by atoms with van der Waals surface area (Å²) in [6.45, 7) is 1.40. The van der Waals surface area contributed by atoms with E-state index in [1.807, 2.05) is 0 Å². The van der Waals surface area contributed by atoms with Crippen LogP contribution in [-0.2, 0) is 9.59 Å². The minimum atomic E-state index is -1.06. The molecule has 0 spiro atoms. The molecule has 3 N–H and O–H groups in total. The van der Waals surface area contributed by atoms with Crippen LogP contribution in [0.15, 0.2) is 24.3 Å². The number of aliphatic hydroxyl groups is 1. The van der Waals surface area contributed by atoms with Crippen molar-refractivity contribution in [1.29, 1.82) is 0 Å². The molecular weight excluding hydrogens is 210 g/mol. The quantitative estimate of drug-likeness (QED) is 0.714. The van der Waals surface area contributed by atoms with Crippen LogP contribution in [0.1, 0.15) is 25.0 Å². The molecule has 1 aromatic carbocycles. The smallest absolute Gasteiger partial charge is 0.306 e. The van der Waals surface area contributed by atoms with Crippen LogP contribution >= 0.6 is 0 Å². The normalized spacial score (nSPS) is 11.9. The Morgan fingerprint density at radius 2 is 1.88 bits per heavy atom. The van der Waals surface area contributed by atoms with Gasteiger partial charge in [-0.15, -0.1) is 0 Å². The molecule has 5 heteroatoms. The van der Waals surface area contributed by atoms with Crippen molar-refractivity contribution in [2.24, 2.45) is 0 Å². The van der Waals surface area contributed by atoms with Gasteiger partial charge in [-0.05, 0) is 17.7 Å². The highest BCUT2D eigenvalue weighted by molar-refractivity contribution is 5.88. The number of aliphatic carboxylic acids is 1. The number of benzene rings is 1. The number of rotatable bonds is 4. The number of anilines is 1. The molecule has 1 amide bonds. The van der Waals surface area contributed by atoms with E-state index in [4.69, 9.17) is 5.11 Å². The van der Waals surface area contributed by atoms with Crippen molar-refractivity contribution in [2.75, 3.05) is 5.32 Å². The Hall–Kier alpha value is -1.88. The molecule has 1 aromatic rings. The van der Waals surface area contributed by atoms with Crippen molar-refractivity contribution in [3.05, 3.63) is 29.8 Å². The molecule has 0 bridgehead atoms. The second-order valence-electron chi connectivity index (χ2n) is 3.42. The maximum Gasteiger partial charge on any atom is 0.306 e. The highest BCUT2D eigenvalue weighted by Gasteiger charge is 2.11. The van der Waals surface area contributed by atoms with Crippen molar-refractivity contribution in [2.45, 2.75) is 19.4 Å². The van der Waals surface area contributed by atoms with Gasteiger partial charge in [0.25, 0.3) is 0 Å². The first-order chi connectivity index (χ1) is 7.49. The van der Waals surface area contributed by atoms with Gasteiger partial charge in [0.05, 0.1) is 12.5 Å². The van der Waals surface area contributed by atoms with Crippen LogP contribution in [0.5, 0.6) is 0 Å². The molecule has 16 heavy (non-hydrogen) atoms. The second-order valence-corrected chi connectivity index (χ2v) is 3.42. The van der Waals surface area contributed by atoms with Crippen molar-refractivity contribution in [1.82, 2.24) is 0 Å². The number of amides is 1. The topological polar surface area (TPSA) is 86.6 Å². The zero-order chi connectivity index (χ0) is 12.1. The van der Waals surface area contributed by atoms with Crippen LogP contribution in [0.2, 0.25) is 0 Å². The fourth-order valence-corrected chi connectivity index (χ4v) is 1.28. The molecule has 0 aromatic heterocycles. The molecule has 5 nitrogen and oxygen atoms in total. The fraction of sp³-hybridized carbons (Fsp3) is 0.273. The first-order valence-electron chi connectivity index (χ1n) is 4.76.